The van der Waals surface area contributed by atoms with Crippen LogP contribution in [0.5, 0.6) is 5.75 Å². The molecular weight excluding hydrogens is 372 g/mol. The Bertz CT molecular complexity index is 911. The Balaban J connectivity index is 1.72. The van der Waals surface area contributed by atoms with Gasteiger partial charge in [0.15, 0.2) is 0 Å². The van der Waals surface area contributed by atoms with E-state index < -0.39 is 0 Å². The molecule has 1 aromatic carbocycles. The number of rotatable bonds is 9. The highest BCUT2D eigenvalue weighted by atomic mass is 16.5. The van der Waals surface area contributed by atoms with Crippen LogP contribution in [-0.4, -0.2) is 36.2 Å². The molecule has 2 aliphatic rings. The average molecular weight is 409 g/mol. The molecule has 2 aliphatic carbocycles. The van der Waals surface area contributed by atoms with Crippen molar-refractivity contribution in [2.45, 2.75) is 77.8 Å². The maximum atomic E-state index is 5.78. The fraction of sp³-hybridized carbons (Fsp3) is 0.600. The fourth-order valence-corrected chi connectivity index (χ4v) is 4.96. The van der Waals surface area contributed by atoms with Crippen LogP contribution in [0, 0.1) is 5.92 Å². The topological polar surface area (TPSA) is 59.1 Å². The van der Waals surface area contributed by atoms with Gasteiger partial charge in [-0.3, -0.25) is 0 Å². The van der Waals surface area contributed by atoms with E-state index in [2.05, 4.69) is 50.6 Å². The number of aryl methyl sites for hydroxylation is 4. The summed E-state index contributed by atoms with van der Waals surface area (Å²) in [7, 11) is 3.82. The second kappa shape index (κ2) is 8.93. The van der Waals surface area contributed by atoms with Crippen molar-refractivity contribution in [1.29, 1.82) is 0 Å². The number of fused-ring (bicyclic) bond motifs is 1. The number of benzene rings is 1. The molecular formula is C25H36N4O. The summed E-state index contributed by atoms with van der Waals surface area (Å²) < 4.78 is 5.78. The summed E-state index contributed by atoms with van der Waals surface area (Å²) >= 11 is 0. The molecule has 162 valence electrons. The van der Waals surface area contributed by atoms with Crippen molar-refractivity contribution >= 4 is 5.82 Å². The highest BCUT2D eigenvalue weighted by Crippen LogP contribution is 2.39. The van der Waals surface area contributed by atoms with Crippen LogP contribution in [0.15, 0.2) is 12.1 Å². The number of anilines is 1. The Labute approximate surface area is 181 Å². The Hall–Kier alpha value is -2.14. The van der Waals surface area contributed by atoms with Gasteiger partial charge < -0.3 is 15.4 Å². The van der Waals surface area contributed by atoms with Gasteiger partial charge >= 0.3 is 0 Å². The lowest BCUT2D eigenvalue weighted by molar-refractivity contribution is 0.415. The lowest BCUT2D eigenvalue weighted by atomic mass is 10.0. The molecule has 3 atom stereocenters. The fourth-order valence-electron chi connectivity index (χ4n) is 4.96. The molecule has 0 bridgehead atoms. The molecule has 30 heavy (non-hydrogen) atoms. The van der Waals surface area contributed by atoms with Gasteiger partial charge in [0, 0.05) is 17.6 Å². The molecule has 5 heteroatoms. The highest BCUT2D eigenvalue weighted by molar-refractivity contribution is 5.72. The molecule has 1 fully saturated rings. The molecule has 0 spiro atoms. The third-order valence-corrected chi connectivity index (χ3v) is 6.87. The molecule has 4 rings (SSSR count). The van der Waals surface area contributed by atoms with Crippen LogP contribution in [0.3, 0.4) is 0 Å². The Morgan fingerprint density at radius 1 is 1.07 bits per heavy atom. The largest absolute Gasteiger partial charge is 0.496 e. The van der Waals surface area contributed by atoms with Crippen molar-refractivity contribution in [1.82, 2.24) is 15.3 Å². The maximum absolute atomic E-state index is 5.78. The van der Waals surface area contributed by atoms with Crippen LogP contribution in [0.2, 0.25) is 0 Å². The lowest BCUT2D eigenvalue weighted by Gasteiger charge is -2.22. The van der Waals surface area contributed by atoms with Gasteiger partial charge in [0.2, 0.25) is 0 Å². The summed E-state index contributed by atoms with van der Waals surface area (Å²) in [6, 6.07) is 5.58. The Kier molecular flexibility index (Phi) is 6.28. The first-order chi connectivity index (χ1) is 14.6. The molecule has 0 amide bonds. The normalized spacial score (nSPS) is 20.7. The maximum Gasteiger partial charge on any atom is 0.148 e. The van der Waals surface area contributed by atoms with Crippen molar-refractivity contribution in [3.05, 3.63) is 34.6 Å². The van der Waals surface area contributed by atoms with E-state index in [4.69, 9.17) is 14.7 Å². The van der Waals surface area contributed by atoms with Crippen LogP contribution >= 0.6 is 0 Å². The number of nitrogens with one attached hydrogen (secondary N) is 2. The van der Waals surface area contributed by atoms with Gasteiger partial charge in [-0.15, -0.1) is 0 Å². The predicted molar refractivity (Wildman–Crippen MR) is 123 cm³/mol. The van der Waals surface area contributed by atoms with Gasteiger partial charge in [-0.1, -0.05) is 20.8 Å². The third-order valence-electron chi connectivity index (χ3n) is 6.87. The van der Waals surface area contributed by atoms with Crippen LogP contribution in [-0.2, 0) is 25.7 Å². The number of methoxy groups -OCH3 is 1. The van der Waals surface area contributed by atoms with Gasteiger partial charge in [-0.2, -0.15) is 0 Å². The molecule has 2 aromatic rings. The Morgan fingerprint density at radius 2 is 1.80 bits per heavy atom. The smallest absolute Gasteiger partial charge is 0.148 e. The molecule has 0 saturated heterocycles. The molecule has 2 unspecified atom stereocenters. The summed E-state index contributed by atoms with van der Waals surface area (Å²) in [5.41, 5.74) is 7.02. The van der Waals surface area contributed by atoms with Gasteiger partial charge in [-0.05, 0) is 81.2 Å². The Morgan fingerprint density at radius 3 is 2.40 bits per heavy atom. The van der Waals surface area contributed by atoms with E-state index in [0.717, 1.165) is 66.3 Å². The van der Waals surface area contributed by atoms with Crippen LogP contribution in [0.1, 0.15) is 62.5 Å². The zero-order valence-corrected chi connectivity index (χ0v) is 19.1. The standard InChI is InChI=1S/C25H36N4O/c1-6-19(17-14-22(17)26-4)28-25-21(8-3)27-24(20(7-2)29-25)18-12-15-10-9-11-16(15)13-23(18)30-5/h12-13,17,19,22,26H,6-11,14H2,1-5H3,(H,28,29)/t17?,19?,22-/m0/s1. The molecule has 2 N–H and O–H groups in total. The minimum atomic E-state index is 0.437. The third kappa shape index (κ3) is 3.92. The van der Waals surface area contributed by atoms with Crippen LogP contribution in [0.25, 0.3) is 11.3 Å². The highest BCUT2D eigenvalue weighted by Gasteiger charge is 2.41. The quantitative estimate of drug-likeness (QED) is 0.637. The SMILES string of the molecule is CCc1nc(-c2cc3c(cc2OC)CCC3)c(CC)nc1NC(CC)C1C[C@@H]1NC. The number of nitrogens with zero attached hydrogens (tertiary/aromatic N) is 2. The summed E-state index contributed by atoms with van der Waals surface area (Å²) in [4.78, 5) is 10.3. The van der Waals surface area contributed by atoms with Crippen LogP contribution < -0.4 is 15.4 Å². The number of hydrogen-bond acceptors (Lipinski definition) is 5. The van der Waals surface area contributed by atoms with E-state index >= 15 is 0 Å². The zero-order valence-electron chi connectivity index (χ0n) is 19.1. The van der Waals surface area contributed by atoms with Crippen LogP contribution in [0.4, 0.5) is 5.82 Å². The average Bonchev–Trinajstić information content (AvgIpc) is 3.43. The van der Waals surface area contributed by atoms with Gasteiger partial charge in [0.25, 0.3) is 0 Å². The first kappa shape index (κ1) is 21.1. The summed E-state index contributed by atoms with van der Waals surface area (Å²) in [5.74, 6) is 2.56. The minimum absolute atomic E-state index is 0.437. The van der Waals surface area contributed by atoms with E-state index in [0.29, 0.717) is 18.0 Å². The van der Waals surface area contributed by atoms with Crippen molar-refractivity contribution in [3.63, 3.8) is 0 Å². The first-order valence-electron chi connectivity index (χ1n) is 11.7. The number of hydrogen-bond donors (Lipinski definition) is 2. The molecule has 1 heterocycles. The van der Waals surface area contributed by atoms with Gasteiger partial charge in [-0.25, -0.2) is 9.97 Å². The molecule has 1 aromatic heterocycles. The number of ether oxygens (including phenoxy) is 1. The van der Waals surface area contributed by atoms with E-state index in [9.17, 15) is 0 Å². The van der Waals surface area contributed by atoms with Crippen molar-refractivity contribution in [2.75, 3.05) is 19.5 Å². The molecule has 1 saturated carbocycles. The van der Waals surface area contributed by atoms with Crippen molar-refractivity contribution in [3.8, 4) is 17.0 Å². The molecule has 5 nitrogen and oxygen atoms in total. The zero-order chi connectivity index (χ0) is 21.3. The van der Waals surface area contributed by atoms with Crippen molar-refractivity contribution in [2.24, 2.45) is 5.92 Å². The monoisotopic (exact) mass is 408 g/mol. The summed E-state index contributed by atoms with van der Waals surface area (Å²) in [5, 5.41) is 7.17. The second-order valence-corrected chi connectivity index (χ2v) is 8.65. The minimum Gasteiger partial charge on any atom is -0.496 e. The summed E-state index contributed by atoms with van der Waals surface area (Å²) in [6.45, 7) is 6.59. The lowest BCUT2D eigenvalue weighted by Crippen LogP contribution is -2.27. The van der Waals surface area contributed by atoms with E-state index in [1.165, 1.54) is 24.0 Å². The first-order valence-corrected chi connectivity index (χ1v) is 11.7. The van der Waals surface area contributed by atoms with E-state index in [1.54, 1.807) is 7.11 Å². The van der Waals surface area contributed by atoms with Gasteiger partial charge in [0.05, 0.1) is 24.2 Å². The molecule has 0 radical (unpaired) electrons. The second-order valence-electron chi connectivity index (χ2n) is 8.65. The summed E-state index contributed by atoms with van der Waals surface area (Å²) in [6.07, 6.45) is 7.56. The molecule has 0 aliphatic heterocycles. The predicted octanol–water partition coefficient (Wildman–Crippen LogP) is 4.56. The van der Waals surface area contributed by atoms with Crippen molar-refractivity contribution < 1.29 is 4.74 Å². The van der Waals surface area contributed by atoms with E-state index in [1.807, 2.05) is 0 Å². The number of aromatic nitrogens is 2. The van der Waals surface area contributed by atoms with E-state index in [-0.39, 0.29) is 0 Å². The van der Waals surface area contributed by atoms with Gasteiger partial charge in [0.1, 0.15) is 11.6 Å².